The fourth-order valence-electron chi connectivity index (χ4n) is 1.60. The molecule has 18 heavy (non-hydrogen) atoms. The molecule has 4 heteroatoms. The first kappa shape index (κ1) is 15.1. The van der Waals surface area contributed by atoms with Gasteiger partial charge in [-0.2, -0.15) is 0 Å². The van der Waals surface area contributed by atoms with E-state index in [1.807, 2.05) is 31.2 Å². The average molecular weight is 273 g/mol. The molecular formula is C14H21ClO3. The highest BCUT2D eigenvalue weighted by Gasteiger charge is 2.05. The minimum absolute atomic E-state index is 0.0562. The second kappa shape index (κ2) is 9.06. The Bertz CT molecular complexity index is 331. The predicted molar refractivity (Wildman–Crippen MR) is 73.9 cm³/mol. The zero-order chi connectivity index (χ0) is 13.2. The first-order chi connectivity index (χ1) is 8.77. The van der Waals surface area contributed by atoms with Crippen LogP contribution in [0.5, 0.6) is 11.5 Å². The van der Waals surface area contributed by atoms with Gasteiger partial charge in [0.15, 0.2) is 11.5 Å². The maximum absolute atomic E-state index is 6.04. The Balaban J connectivity index is 2.30. The Morgan fingerprint density at radius 1 is 1.17 bits per heavy atom. The molecule has 1 unspecified atom stereocenters. The van der Waals surface area contributed by atoms with E-state index >= 15 is 0 Å². The van der Waals surface area contributed by atoms with Crippen molar-refractivity contribution in [3.8, 4) is 11.5 Å². The van der Waals surface area contributed by atoms with Crippen LogP contribution in [0.15, 0.2) is 24.3 Å². The molecule has 0 N–H and O–H groups in total. The van der Waals surface area contributed by atoms with E-state index in [4.69, 9.17) is 25.8 Å². The number of hydrogen-bond donors (Lipinski definition) is 0. The summed E-state index contributed by atoms with van der Waals surface area (Å²) in [6.45, 7) is 3.81. The van der Waals surface area contributed by atoms with Gasteiger partial charge >= 0.3 is 0 Å². The van der Waals surface area contributed by atoms with Gasteiger partial charge in [-0.15, -0.1) is 11.6 Å². The van der Waals surface area contributed by atoms with Crippen molar-refractivity contribution in [3.05, 3.63) is 24.3 Å². The minimum atomic E-state index is 0.0562. The lowest BCUT2D eigenvalue weighted by molar-refractivity contribution is 0.191. The van der Waals surface area contributed by atoms with Gasteiger partial charge in [0.1, 0.15) is 0 Å². The summed E-state index contributed by atoms with van der Waals surface area (Å²) in [6.07, 6.45) is 1.78. The standard InChI is InChI=1S/C14H21ClO3/c1-3-17-13-8-4-5-9-14(13)18-10-6-7-12(15)11-16-2/h4-5,8-9,12H,3,6-7,10-11H2,1-2H3. The van der Waals surface area contributed by atoms with Crippen molar-refractivity contribution in [2.75, 3.05) is 26.9 Å². The fraction of sp³-hybridized carbons (Fsp3) is 0.571. The van der Waals surface area contributed by atoms with Gasteiger partial charge in [0, 0.05) is 7.11 Å². The Kier molecular flexibility index (Phi) is 7.62. The molecule has 102 valence electrons. The van der Waals surface area contributed by atoms with Crippen molar-refractivity contribution < 1.29 is 14.2 Å². The van der Waals surface area contributed by atoms with Crippen LogP contribution in [-0.4, -0.2) is 32.3 Å². The summed E-state index contributed by atoms with van der Waals surface area (Å²) in [5.74, 6) is 1.58. The van der Waals surface area contributed by atoms with Gasteiger partial charge in [-0.3, -0.25) is 0 Å². The molecule has 1 rings (SSSR count). The number of hydrogen-bond acceptors (Lipinski definition) is 3. The summed E-state index contributed by atoms with van der Waals surface area (Å²) >= 11 is 6.04. The van der Waals surface area contributed by atoms with Gasteiger partial charge in [-0.1, -0.05) is 12.1 Å². The number of halogens is 1. The average Bonchev–Trinajstić information content (AvgIpc) is 2.37. The molecule has 0 aliphatic heterocycles. The maximum Gasteiger partial charge on any atom is 0.161 e. The zero-order valence-electron chi connectivity index (χ0n) is 11.0. The molecular weight excluding hydrogens is 252 g/mol. The summed E-state index contributed by atoms with van der Waals surface area (Å²) in [5, 5.41) is 0.0562. The molecule has 0 heterocycles. The van der Waals surface area contributed by atoms with Gasteiger partial charge < -0.3 is 14.2 Å². The number of alkyl halides is 1. The lowest BCUT2D eigenvalue weighted by atomic mass is 10.2. The van der Waals surface area contributed by atoms with Crippen LogP contribution in [0.25, 0.3) is 0 Å². The van der Waals surface area contributed by atoms with Crippen molar-refractivity contribution in [3.63, 3.8) is 0 Å². The van der Waals surface area contributed by atoms with Crippen LogP contribution >= 0.6 is 11.6 Å². The number of para-hydroxylation sites is 2. The largest absolute Gasteiger partial charge is 0.490 e. The third-order valence-electron chi connectivity index (χ3n) is 2.42. The predicted octanol–water partition coefficient (Wildman–Crippen LogP) is 3.50. The summed E-state index contributed by atoms with van der Waals surface area (Å²) < 4.78 is 16.2. The Morgan fingerprint density at radius 3 is 2.44 bits per heavy atom. The fourth-order valence-corrected chi connectivity index (χ4v) is 1.88. The normalized spacial score (nSPS) is 12.2. The van der Waals surface area contributed by atoms with Gasteiger partial charge in [0.05, 0.1) is 25.2 Å². The smallest absolute Gasteiger partial charge is 0.161 e. The molecule has 0 radical (unpaired) electrons. The molecule has 0 aromatic heterocycles. The van der Waals surface area contributed by atoms with Crippen molar-refractivity contribution in [2.24, 2.45) is 0 Å². The van der Waals surface area contributed by atoms with Crippen LogP contribution < -0.4 is 9.47 Å². The highest BCUT2D eigenvalue weighted by molar-refractivity contribution is 6.20. The van der Waals surface area contributed by atoms with E-state index in [9.17, 15) is 0 Å². The summed E-state index contributed by atoms with van der Waals surface area (Å²) in [7, 11) is 1.66. The van der Waals surface area contributed by atoms with Crippen molar-refractivity contribution in [2.45, 2.75) is 25.1 Å². The first-order valence-corrected chi connectivity index (χ1v) is 6.69. The highest BCUT2D eigenvalue weighted by Crippen LogP contribution is 2.26. The van der Waals surface area contributed by atoms with E-state index in [0.29, 0.717) is 19.8 Å². The zero-order valence-corrected chi connectivity index (χ0v) is 11.8. The molecule has 0 amide bonds. The molecule has 0 saturated heterocycles. The second-order valence-electron chi connectivity index (χ2n) is 3.92. The van der Waals surface area contributed by atoms with Crippen LogP contribution in [0.2, 0.25) is 0 Å². The topological polar surface area (TPSA) is 27.7 Å². The molecule has 0 aliphatic carbocycles. The number of benzene rings is 1. The summed E-state index contributed by atoms with van der Waals surface area (Å²) in [4.78, 5) is 0. The lowest BCUT2D eigenvalue weighted by Crippen LogP contribution is -2.09. The van der Waals surface area contributed by atoms with E-state index in [1.165, 1.54) is 0 Å². The third-order valence-corrected chi connectivity index (χ3v) is 2.76. The van der Waals surface area contributed by atoms with E-state index < -0.39 is 0 Å². The van der Waals surface area contributed by atoms with Crippen LogP contribution in [0, 0.1) is 0 Å². The molecule has 0 aliphatic rings. The van der Waals surface area contributed by atoms with E-state index in [0.717, 1.165) is 24.3 Å². The van der Waals surface area contributed by atoms with Crippen LogP contribution in [0.1, 0.15) is 19.8 Å². The monoisotopic (exact) mass is 272 g/mol. The number of rotatable bonds is 9. The van der Waals surface area contributed by atoms with Crippen LogP contribution in [0.3, 0.4) is 0 Å². The molecule has 0 saturated carbocycles. The second-order valence-corrected chi connectivity index (χ2v) is 4.54. The van der Waals surface area contributed by atoms with Crippen LogP contribution in [0.4, 0.5) is 0 Å². The Morgan fingerprint density at radius 2 is 1.83 bits per heavy atom. The third kappa shape index (κ3) is 5.61. The SMILES string of the molecule is CCOc1ccccc1OCCCC(Cl)COC. The Hall–Kier alpha value is -0.930. The van der Waals surface area contributed by atoms with E-state index in [-0.39, 0.29) is 5.38 Å². The van der Waals surface area contributed by atoms with Gasteiger partial charge in [-0.25, -0.2) is 0 Å². The molecule has 1 atom stereocenters. The highest BCUT2D eigenvalue weighted by atomic mass is 35.5. The summed E-state index contributed by atoms with van der Waals surface area (Å²) in [6, 6.07) is 7.70. The molecule has 0 bridgehead atoms. The molecule has 0 fully saturated rings. The quantitative estimate of drug-likeness (QED) is 0.509. The number of methoxy groups -OCH3 is 1. The van der Waals surface area contributed by atoms with Crippen molar-refractivity contribution in [1.29, 1.82) is 0 Å². The van der Waals surface area contributed by atoms with E-state index in [1.54, 1.807) is 7.11 Å². The molecule has 3 nitrogen and oxygen atoms in total. The molecule has 0 spiro atoms. The first-order valence-electron chi connectivity index (χ1n) is 6.25. The van der Waals surface area contributed by atoms with Gasteiger partial charge in [0.25, 0.3) is 0 Å². The van der Waals surface area contributed by atoms with Crippen molar-refractivity contribution in [1.82, 2.24) is 0 Å². The number of ether oxygens (including phenoxy) is 3. The molecule has 1 aromatic carbocycles. The van der Waals surface area contributed by atoms with Gasteiger partial charge in [-0.05, 0) is 31.9 Å². The van der Waals surface area contributed by atoms with Crippen LogP contribution in [-0.2, 0) is 4.74 Å². The molecule has 1 aromatic rings. The lowest BCUT2D eigenvalue weighted by Gasteiger charge is -2.12. The maximum atomic E-state index is 6.04. The van der Waals surface area contributed by atoms with Gasteiger partial charge in [0.2, 0.25) is 0 Å². The van der Waals surface area contributed by atoms with E-state index in [2.05, 4.69) is 0 Å². The minimum Gasteiger partial charge on any atom is -0.490 e. The Labute approximate surface area is 114 Å². The van der Waals surface area contributed by atoms with Crippen molar-refractivity contribution >= 4 is 11.6 Å². The summed E-state index contributed by atoms with van der Waals surface area (Å²) in [5.41, 5.74) is 0.